The van der Waals surface area contributed by atoms with Crippen molar-refractivity contribution in [1.82, 2.24) is 19.8 Å². The molecule has 1 N–H and O–H groups in total. The average Bonchev–Trinajstić information content (AvgIpc) is 2.82. The van der Waals surface area contributed by atoms with E-state index in [1.165, 1.54) is 6.20 Å². The van der Waals surface area contributed by atoms with Crippen LogP contribution in [0.2, 0.25) is 5.02 Å². The minimum Gasteiger partial charge on any atom is -0.378 e. The number of nitrogens with zero attached hydrogens (tertiary/aromatic N) is 4. The van der Waals surface area contributed by atoms with Crippen molar-refractivity contribution < 1.29 is 14.3 Å². The average molecular weight is 466 g/mol. The number of carbonyl (C=O) groups is 2. The SMILES string of the molecule is O=C(CN1CCc2nc3ccccc3c(C(=O)N3CCOCC3)c2C1)Nc1cncc(Cl)c1. The van der Waals surface area contributed by atoms with Gasteiger partial charge in [0, 0.05) is 55.4 Å². The van der Waals surface area contributed by atoms with E-state index in [1.54, 1.807) is 12.3 Å². The molecule has 0 radical (unpaired) electrons. The van der Waals surface area contributed by atoms with Gasteiger partial charge in [0.2, 0.25) is 5.91 Å². The van der Waals surface area contributed by atoms with Gasteiger partial charge >= 0.3 is 0 Å². The van der Waals surface area contributed by atoms with Crippen LogP contribution in [0.4, 0.5) is 5.69 Å². The Hall–Kier alpha value is -3.07. The highest BCUT2D eigenvalue weighted by atomic mass is 35.5. The number of hydrogen-bond donors (Lipinski definition) is 1. The van der Waals surface area contributed by atoms with E-state index in [9.17, 15) is 9.59 Å². The zero-order valence-electron chi connectivity index (χ0n) is 18.1. The van der Waals surface area contributed by atoms with Gasteiger partial charge in [-0.25, -0.2) is 0 Å². The molecule has 170 valence electrons. The number of para-hydroxylation sites is 1. The lowest BCUT2D eigenvalue weighted by Gasteiger charge is -2.32. The van der Waals surface area contributed by atoms with E-state index in [1.807, 2.05) is 34.1 Å². The van der Waals surface area contributed by atoms with Crippen LogP contribution in [-0.2, 0) is 22.5 Å². The number of benzene rings is 1. The molecule has 2 aliphatic rings. The summed E-state index contributed by atoms with van der Waals surface area (Å²) in [5, 5.41) is 4.15. The van der Waals surface area contributed by atoms with Crippen LogP contribution in [0.1, 0.15) is 21.6 Å². The Bertz CT molecular complexity index is 1210. The molecule has 0 bridgehead atoms. The van der Waals surface area contributed by atoms with Gasteiger partial charge in [0.1, 0.15) is 0 Å². The molecule has 0 saturated carbocycles. The van der Waals surface area contributed by atoms with E-state index in [2.05, 4.69) is 10.3 Å². The number of halogens is 1. The maximum absolute atomic E-state index is 13.6. The fourth-order valence-electron chi connectivity index (χ4n) is 4.43. The summed E-state index contributed by atoms with van der Waals surface area (Å²) in [5.41, 5.74) is 3.92. The molecular weight excluding hydrogens is 442 g/mol. The van der Waals surface area contributed by atoms with Crippen LogP contribution in [0.15, 0.2) is 42.7 Å². The van der Waals surface area contributed by atoms with Gasteiger partial charge in [0.05, 0.1) is 47.7 Å². The lowest BCUT2D eigenvalue weighted by molar-refractivity contribution is -0.117. The number of pyridine rings is 2. The second-order valence-corrected chi connectivity index (χ2v) is 8.67. The van der Waals surface area contributed by atoms with Crippen LogP contribution >= 0.6 is 11.6 Å². The molecule has 0 unspecified atom stereocenters. The molecule has 1 fully saturated rings. The van der Waals surface area contributed by atoms with Gasteiger partial charge in [-0.2, -0.15) is 0 Å². The Kier molecular flexibility index (Phi) is 6.22. The third-order valence-electron chi connectivity index (χ3n) is 5.99. The summed E-state index contributed by atoms with van der Waals surface area (Å²) in [5.74, 6) is -0.151. The van der Waals surface area contributed by atoms with Gasteiger partial charge in [-0.05, 0) is 12.1 Å². The zero-order chi connectivity index (χ0) is 22.8. The number of nitrogens with one attached hydrogen (secondary N) is 1. The topological polar surface area (TPSA) is 87.7 Å². The van der Waals surface area contributed by atoms with Crippen molar-refractivity contribution in [3.63, 3.8) is 0 Å². The Morgan fingerprint density at radius 2 is 1.94 bits per heavy atom. The summed E-state index contributed by atoms with van der Waals surface area (Å²) in [6.45, 7) is 3.60. The quantitative estimate of drug-likeness (QED) is 0.637. The first kappa shape index (κ1) is 21.8. The van der Waals surface area contributed by atoms with Crippen molar-refractivity contribution in [1.29, 1.82) is 0 Å². The van der Waals surface area contributed by atoms with Crippen LogP contribution in [-0.4, -0.2) is 71.0 Å². The van der Waals surface area contributed by atoms with Crippen LogP contribution in [0.5, 0.6) is 0 Å². The standard InChI is InChI=1S/C24H24ClN5O3/c25-16-11-17(13-26-12-16)27-22(31)15-29-6-5-21-19(14-29)23(18-3-1-2-4-20(18)28-21)24(32)30-7-9-33-10-8-30/h1-4,11-13H,5-10,14-15H2,(H,27,31). The molecule has 4 heterocycles. The summed E-state index contributed by atoms with van der Waals surface area (Å²) in [6.07, 6.45) is 3.75. The molecule has 3 aromatic rings. The van der Waals surface area contributed by atoms with Gasteiger partial charge in [-0.3, -0.25) is 24.5 Å². The third kappa shape index (κ3) is 4.68. The van der Waals surface area contributed by atoms with Crippen molar-refractivity contribution in [3.8, 4) is 0 Å². The number of anilines is 1. The summed E-state index contributed by atoms with van der Waals surface area (Å²) in [6, 6.07) is 9.43. The van der Waals surface area contributed by atoms with Crippen molar-refractivity contribution in [2.45, 2.75) is 13.0 Å². The molecule has 0 spiro atoms. The first-order valence-electron chi connectivity index (χ1n) is 11.0. The Labute approximate surface area is 196 Å². The van der Waals surface area contributed by atoms with E-state index in [0.29, 0.717) is 62.1 Å². The molecule has 8 nitrogen and oxygen atoms in total. The highest BCUT2D eigenvalue weighted by Crippen LogP contribution is 2.29. The van der Waals surface area contributed by atoms with E-state index in [0.717, 1.165) is 22.2 Å². The van der Waals surface area contributed by atoms with Crippen molar-refractivity contribution in [2.75, 3.05) is 44.7 Å². The lowest BCUT2D eigenvalue weighted by atomic mass is 9.94. The van der Waals surface area contributed by atoms with Crippen LogP contribution in [0.25, 0.3) is 10.9 Å². The van der Waals surface area contributed by atoms with Gasteiger partial charge in [0.25, 0.3) is 5.91 Å². The Morgan fingerprint density at radius 1 is 1.12 bits per heavy atom. The molecule has 5 rings (SSSR count). The van der Waals surface area contributed by atoms with Gasteiger partial charge in [0.15, 0.2) is 0 Å². The molecule has 1 saturated heterocycles. The second-order valence-electron chi connectivity index (χ2n) is 8.23. The van der Waals surface area contributed by atoms with Gasteiger partial charge in [-0.15, -0.1) is 0 Å². The Balaban J connectivity index is 1.42. The van der Waals surface area contributed by atoms with Crippen molar-refractivity contribution in [3.05, 3.63) is 64.6 Å². The second kappa shape index (κ2) is 9.43. The van der Waals surface area contributed by atoms with E-state index in [-0.39, 0.29) is 18.4 Å². The number of amides is 2. The summed E-state index contributed by atoms with van der Waals surface area (Å²) < 4.78 is 5.43. The largest absolute Gasteiger partial charge is 0.378 e. The Morgan fingerprint density at radius 3 is 2.76 bits per heavy atom. The normalized spacial score (nSPS) is 16.5. The first-order valence-corrected chi connectivity index (χ1v) is 11.4. The maximum atomic E-state index is 13.6. The summed E-state index contributed by atoms with van der Waals surface area (Å²) in [4.78, 5) is 39.0. The van der Waals surface area contributed by atoms with Crippen molar-refractivity contribution in [2.24, 2.45) is 0 Å². The number of fused-ring (bicyclic) bond motifs is 2. The smallest absolute Gasteiger partial charge is 0.255 e. The predicted molar refractivity (Wildman–Crippen MR) is 125 cm³/mol. The third-order valence-corrected chi connectivity index (χ3v) is 6.20. The van der Waals surface area contributed by atoms with Gasteiger partial charge in [-0.1, -0.05) is 29.8 Å². The molecule has 2 aliphatic heterocycles. The van der Waals surface area contributed by atoms with Crippen LogP contribution in [0, 0.1) is 0 Å². The van der Waals surface area contributed by atoms with E-state index in [4.69, 9.17) is 21.3 Å². The molecule has 33 heavy (non-hydrogen) atoms. The number of carbonyl (C=O) groups excluding carboxylic acids is 2. The number of hydrogen-bond acceptors (Lipinski definition) is 6. The summed E-state index contributed by atoms with van der Waals surface area (Å²) >= 11 is 5.96. The molecule has 1 aromatic carbocycles. The molecule has 9 heteroatoms. The minimum atomic E-state index is -0.155. The molecule has 0 aliphatic carbocycles. The monoisotopic (exact) mass is 465 g/mol. The van der Waals surface area contributed by atoms with E-state index < -0.39 is 0 Å². The predicted octanol–water partition coefficient (Wildman–Crippen LogP) is 2.75. The molecule has 2 aromatic heterocycles. The lowest BCUT2D eigenvalue weighted by Crippen LogP contribution is -2.42. The highest BCUT2D eigenvalue weighted by molar-refractivity contribution is 6.30. The molecule has 2 amide bonds. The number of rotatable bonds is 4. The van der Waals surface area contributed by atoms with Gasteiger partial charge < -0.3 is 15.0 Å². The fourth-order valence-corrected chi connectivity index (χ4v) is 4.61. The van der Waals surface area contributed by atoms with Crippen LogP contribution < -0.4 is 5.32 Å². The van der Waals surface area contributed by atoms with Crippen molar-refractivity contribution >= 4 is 40.0 Å². The highest BCUT2D eigenvalue weighted by Gasteiger charge is 2.29. The number of aromatic nitrogens is 2. The van der Waals surface area contributed by atoms with E-state index >= 15 is 0 Å². The molecular formula is C24H24ClN5O3. The summed E-state index contributed by atoms with van der Waals surface area (Å²) in [7, 11) is 0. The zero-order valence-corrected chi connectivity index (χ0v) is 18.8. The fraction of sp³-hybridized carbons (Fsp3) is 0.333. The maximum Gasteiger partial charge on any atom is 0.255 e. The van der Waals surface area contributed by atoms with Crippen LogP contribution in [0.3, 0.4) is 0 Å². The number of ether oxygens (including phenoxy) is 1. The minimum absolute atomic E-state index is 0.00412. The first-order chi connectivity index (χ1) is 16.1. The molecule has 0 atom stereocenters. The number of morpholine rings is 1.